The van der Waals surface area contributed by atoms with Crippen molar-refractivity contribution in [2.24, 2.45) is 0 Å². The van der Waals surface area contributed by atoms with Crippen LogP contribution in [-0.4, -0.2) is 16.9 Å². The lowest BCUT2D eigenvalue weighted by Crippen LogP contribution is -2.00. The zero-order chi connectivity index (χ0) is 14.7. The summed E-state index contributed by atoms with van der Waals surface area (Å²) in [5, 5.41) is 12.2. The second-order valence-corrected chi connectivity index (χ2v) is 4.59. The van der Waals surface area contributed by atoms with Gasteiger partial charge in [0.05, 0.1) is 5.56 Å². The first-order chi connectivity index (χ1) is 9.47. The third-order valence-electron chi connectivity index (χ3n) is 3.05. The molecule has 0 aliphatic rings. The molecule has 0 fully saturated rings. The Morgan fingerprint density at radius 3 is 2.15 bits per heavy atom. The lowest BCUT2D eigenvalue weighted by atomic mass is 10.1. The Morgan fingerprint density at radius 1 is 1.00 bits per heavy atom. The monoisotopic (exact) mass is 269 g/mol. The highest BCUT2D eigenvalue weighted by Gasteiger charge is 2.06. The zero-order valence-electron chi connectivity index (χ0n) is 11.3. The number of Topliss-reactive ketones (excluding diaryl/α,β-unsaturated/α-hetero) is 1. The van der Waals surface area contributed by atoms with Gasteiger partial charge in [-0.05, 0) is 55.8 Å². The molecule has 4 heteroatoms. The summed E-state index contributed by atoms with van der Waals surface area (Å²) < 4.78 is 0. The Kier molecular flexibility index (Phi) is 3.84. The Morgan fingerprint density at radius 2 is 1.60 bits per heavy atom. The van der Waals surface area contributed by atoms with Gasteiger partial charge < -0.3 is 10.4 Å². The summed E-state index contributed by atoms with van der Waals surface area (Å²) in [5.74, 6) is -0.944. The summed E-state index contributed by atoms with van der Waals surface area (Å²) >= 11 is 0. The number of hydrogen-bond acceptors (Lipinski definition) is 3. The van der Waals surface area contributed by atoms with Crippen LogP contribution in [0.3, 0.4) is 0 Å². The molecular weight excluding hydrogens is 254 g/mol. The number of aryl methyl sites for hydroxylation is 1. The molecule has 2 N–H and O–H groups in total. The molecule has 4 nitrogen and oxygen atoms in total. The smallest absolute Gasteiger partial charge is 0.335 e. The lowest BCUT2D eigenvalue weighted by molar-refractivity contribution is 0.0696. The number of aromatic carboxylic acids is 1. The average Bonchev–Trinajstić information content (AvgIpc) is 2.41. The van der Waals surface area contributed by atoms with Crippen LogP contribution in [0.5, 0.6) is 0 Å². The van der Waals surface area contributed by atoms with Crippen LogP contribution in [0, 0.1) is 6.92 Å². The van der Waals surface area contributed by atoms with Gasteiger partial charge in [0, 0.05) is 16.9 Å². The highest BCUT2D eigenvalue weighted by molar-refractivity contribution is 5.94. The van der Waals surface area contributed by atoms with Crippen molar-refractivity contribution < 1.29 is 14.7 Å². The first-order valence-electron chi connectivity index (χ1n) is 6.19. The molecule has 0 aliphatic heterocycles. The van der Waals surface area contributed by atoms with E-state index in [-0.39, 0.29) is 11.3 Å². The molecule has 0 radical (unpaired) electrons. The SMILES string of the molecule is CC(=O)c1ccc(Nc2cc(C(=O)O)ccc2C)cc1. The van der Waals surface area contributed by atoms with Gasteiger partial charge in [-0.2, -0.15) is 0 Å². The van der Waals surface area contributed by atoms with E-state index in [1.807, 2.05) is 6.92 Å². The number of ketones is 1. The Labute approximate surface area is 117 Å². The molecular formula is C16H15NO3. The van der Waals surface area contributed by atoms with Crippen LogP contribution in [0.4, 0.5) is 11.4 Å². The molecule has 20 heavy (non-hydrogen) atoms. The number of rotatable bonds is 4. The standard InChI is InChI=1S/C16H15NO3/c1-10-3-4-13(16(19)20)9-15(10)17-14-7-5-12(6-8-14)11(2)18/h3-9,17H,1-2H3,(H,19,20). The first-order valence-corrected chi connectivity index (χ1v) is 6.19. The number of carbonyl (C=O) groups excluding carboxylic acids is 1. The molecule has 0 unspecified atom stereocenters. The molecule has 2 aromatic carbocycles. The van der Waals surface area contributed by atoms with Gasteiger partial charge in [0.2, 0.25) is 0 Å². The maximum absolute atomic E-state index is 11.2. The number of anilines is 2. The predicted molar refractivity (Wildman–Crippen MR) is 77.9 cm³/mol. The van der Waals surface area contributed by atoms with Crippen LogP contribution in [0.1, 0.15) is 33.2 Å². The summed E-state index contributed by atoms with van der Waals surface area (Å²) in [5.41, 5.74) is 3.37. The van der Waals surface area contributed by atoms with E-state index >= 15 is 0 Å². The molecule has 0 heterocycles. The molecule has 0 atom stereocenters. The van der Waals surface area contributed by atoms with Gasteiger partial charge in [0.1, 0.15) is 0 Å². The second-order valence-electron chi connectivity index (χ2n) is 4.59. The Balaban J connectivity index is 2.27. The number of hydrogen-bond donors (Lipinski definition) is 2. The van der Waals surface area contributed by atoms with Gasteiger partial charge in [-0.25, -0.2) is 4.79 Å². The van der Waals surface area contributed by atoms with Crippen molar-refractivity contribution in [3.63, 3.8) is 0 Å². The van der Waals surface area contributed by atoms with Gasteiger partial charge >= 0.3 is 5.97 Å². The Bertz CT molecular complexity index is 660. The Hall–Kier alpha value is -2.62. The zero-order valence-corrected chi connectivity index (χ0v) is 11.3. The highest BCUT2D eigenvalue weighted by Crippen LogP contribution is 2.22. The van der Waals surface area contributed by atoms with Crippen molar-refractivity contribution in [3.8, 4) is 0 Å². The third-order valence-corrected chi connectivity index (χ3v) is 3.05. The van der Waals surface area contributed by atoms with E-state index in [1.54, 1.807) is 42.5 Å². The number of carboxylic acids is 1. The molecule has 0 aliphatic carbocycles. The van der Waals surface area contributed by atoms with Gasteiger partial charge in [-0.1, -0.05) is 6.07 Å². The quantitative estimate of drug-likeness (QED) is 0.832. The normalized spacial score (nSPS) is 10.1. The average molecular weight is 269 g/mol. The van der Waals surface area contributed by atoms with Crippen molar-refractivity contribution in [1.82, 2.24) is 0 Å². The molecule has 0 saturated carbocycles. The minimum Gasteiger partial charge on any atom is -0.478 e. The molecule has 0 amide bonds. The molecule has 2 rings (SSSR count). The van der Waals surface area contributed by atoms with Crippen LogP contribution < -0.4 is 5.32 Å². The number of benzene rings is 2. The fourth-order valence-electron chi connectivity index (χ4n) is 1.83. The van der Waals surface area contributed by atoms with E-state index in [0.717, 1.165) is 16.9 Å². The molecule has 0 saturated heterocycles. The van der Waals surface area contributed by atoms with Crippen molar-refractivity contribution in [2.45, 2.75) is 13.8 Å². The summed E-state index contributed by atoms with van der Waals surface area (Å²) in [7, 11) is 0. The minimum atomic E-state index is -0.958. The molecule has 0 aromatic heterocycles. The summed E-state index contributed by atoms with van der Waals surface area (Å²) in [6, 6.07) is 12.0. The van der Waals surface area contributed by atoms with Crippen LogP contribution >= 0.6 is 0 Å². The molecule has 2 aromatic rings. The fourth-order valence-corrected chi connectivity index (χ4v) is 1.83. The van der Waals surface area contributed by atoms with E-state index in [0.29, 0.717) is 5.56 Å². The van der Waals surface area contributed by atoms with E-state index in [9.17, 15) is 9.59 Å². The minimum absolute atomic E-state index is 0.0144. The maximum Gasteiger partial charge on any atom is 0.335 e. The molecule has 102 valence electrons. The lowest BCUT2D eigenvalue weighted by Gasteiger charge is -2.10. The first kappa shape index (κ1) is 13.8. The highest BCUT2D eigenvalue weighted by atomic mass is 16.4. The number of carboxylic acid groups (broad SMARTS) is 1. The van der Waals surface area contributed by atoms with Gasteiger partial charge in [-0.3, -0.25) is 4.79 Å². The van der Waals surface area contributed by atoms with Crippen LogP contribution in [0.25, 0.3) is 0 Å². The van der Waals surface area contributed by atoms with Crippen molar-refractivity contribution >= 4 is 23.1 Å². The van der Waals surface area contributed by atoms with Gasteiger partial charge in [0.25, 0.3) is 0 Å². The van der Waals surface area contributed by atoms with E-state index in [1.165, 1.54) is 6.92 Å². The summed E-state index contributed by atoms with van der Waals surface area (Å²) in [6.45, 7) is 3.42. The molecule has 0 bridgehead atoms. The number of nitrogens with one attached hydrogen (secondary N) is 1. The topological polar surface area (TPSA) is 66.4 Å². The summed E-state index contributed by atoms with van der Waals surface area (Å²) in [6.07, 6.45) is 0. The number of carbonyl (C=O) groups is 2. The largest absolute Gasteiger partial charge is 0.478 e. The van der Waals surface area contributed by atoms with Crippen molar-refractivity contribution in [3.05, 3.63) is 59.2 Å². The molecule has 0 spiro atoms. The van der Waals surface area contributed by atoms with E-state index in [4.69, 9.17) is 5.11 Å². The fraction of sp³-hybridized carbons (Fsp3) is 0.125. The van der Waals surface area contributed by atoms with Crippen molar-refractivity contribution in [1.29, 1.82) is 0 Å². The van der Waals surface area contributed by atoms with E-state index < -0.39 is 5.97 Å². The van der Waals surface area contributed by atoms with Crippen LogP contribution in [0.2, 0.25) is 0 Å². The predicted octanol–water partition coefficient (Wildman–Crippen LogP) is 3.64. The van der Waals surface area contributed by atoms with Crippen LogP contribution in [-0.2, 0) is 0 Å². The van der Waals surface area contributed by atoms with Gasteiger partial charge in [-0.15, -0.1) is 0 Å². The summed E-state index contributed by atoms with van der Waals surface area (Å²) in [4.78, 5) is 22.2. The van der Waals surface area contributed by atoms with Gasteiger partial charge in [0.15, 0.2) is 5.78 Å². The van der Waals surface area contributed by atoms with E-state index in [2.05, 4.69) is 5.32 Å². The van der Waals surface area contributed by atoms with Crippen LogP contribution in [0.15, 0.2) is 42.5 Å². The van der Waals surface area contributed by atoms with Crippen molar-refractivity contribution in [2.75, 3.05) is 5.32 Å². The second kappa shape index (κ2) is 5.57. The third kappa shape index (κ3) is 3.03. The maximum atomic E-state index is 11.2.